The van der Waals surface area contributed by atoms with Crippen molar-refractivity contribution in [1.29, 1.82) is 0 Å². The minimum atomic E-state index is -0.258. The highest BCUT2D eigenvalue weighted by molar-refractivity contribution is 6.42. The van der Waals surface area contributed by atoms with Crippen molar-refractivity contribution >= 4 is 29.1 Å². The van der Waals surface area contributed by atoms with E-state index in [0.29, 0.717) is 35.9 Å². The second-order valence-corrected chi connectivity index (χ2v) is 5.72. The zero-order chi connectivity index (χ0) is 15.9. The van der Waals surface area contributed by atoms with Gasteiger partial charge < -0.3 is 5.32 Å². The highest BCUT2D eigenvalue weighted by Gasteiger charge is 2.07. The number of carbonyl (C=O) groups is 1. The third-order valence-corrected chi connectivity index (χ3v) is 4.16. The van der Waals surface area contributed by atoms with E-state index in [2.05, 4.69) is 5.32 Å². The van der Waals surface area contributed by atoms with Crippen LogP contribution < -0.4 is 5.32 Å². The van der Waals surface area contributed by atoms with E-state index in [-0.39, 0.29) is 11.7 Å². The summed E-state index contributed by atoms with van der Waals surface area (Å²) in [5, 5.41) is 3.84. The Morgan fingerprint density at radius 2 is 1.77 bits per heavy atom. The number of rotatable bonds is 6. The summed E-state index contributed by atoms with van der Waals surface area (Å²) in [5.74, 6) is -0.302. The van der Waals surface area contributed by atoms with Crippen LogP contribution in [0.4, 0.5) is 4.39 Å². The maximum atomic E-state index is 12.8. The standard InChI is InChI=1S/C17H16Cl2FNO/c18-15-3-1-2-13(17(15)19)6-9-16(22)21-11-10-12-4-7-14(20)8-5-12/h1-5,7-8H,6,9-11H2,(H,21,22). The van der Waals surface area contributed by atoms with Gasteiger partial charge in [0.15, 0.2) is 0 Å². The van der Waals surface area contributed by atoms with Crippen molar-refractivity contribution in [2.75, 3.05) is 6.54 Å². The maximum Gasteiger partial charge on any atom is 0.220 e. The van der Waals surface area contributed by atoms with Crippen LogP contribution in [-0.2, 0) is 17.6 Å². The van der Waals surface area contributed by atoms with Gasteiger partial charge in [-0.1, -0.05) is 47.5 Å². The minimum Gasteiger partial charge on any atom is -0.356 e. The molecule has 5 heteroatoms. The lowest BCUT2D eigenvalue weighted by molar-refractivity contribution is -0.121. The Kier molecular flexibility index (Phi) is 6.22. The molecule has 0 aliphatic carbocycles. The maximum absolute atomic E-state index is 12.8. The Hall–Kier alpha value is -1.58. The van der Waals surface area contributed by atoms with Crippen molar-refractivity contribution in [3.8, 4) is 0 Å². The van der Waals surface area contributed by atoms with E-state index in [1.165, 1.54) is 12.1 Å². The van der Waals surface area contributed by atoms with Crippen LogP contribution in [0.1, 0.15) is 17.5 Å². The van der Waals surface area contributed by atoms with Gasteiger partial charge in [0.25, 0.3) is 0 Å². The molecule has 0 saturated carbocycles. The van der Waals surface area contributed by atoms with Crippen LogP contribution in [0.25, 0.3) is 0 Å². The normalized spacial score (nSPS) is 10.5. The smallest absolute Gasteiger partial charge is 0.220 e. The lowest BCUT2D eigenvalue weighted by Crippen LogP contribution is -2.25. The summed E-state index contributed by atoms with van der Waals surface area (Å²) in [4.78, 5) is 11.8. The largest absolute Gasteiger partial charge is 0.356 e. The van der Waals surface area contributed by atoms with Gasteiger partial charge in [-0.15, -0.1) is 0 Å². The van der Waals surface area contributed by atoms with Crippen molar-refractivity contribution < 1.29 is 9.18 Å². The first-order valence-corrected chi connectivity index (χ1v) is 7.76. The number of aryl methyl sites for hydroxylation is 1. The van der Waals surface area contributed by atoms with Crippen molar-refractivity contribution in [2.45, 2.75) is 19.3 Å². The average Bonchev–Trinajstić information content (AvgIpc) is 2.51. The lowest BCUT2D eigenvalue weighted by Gasteiger charge is -2.07. The van der Waals surface area contributed by atoms with E-state index in [0.717, 1.165) is 11.1 Å². The Balaban J connectivity index is 1.74. The molecule has 0 aromatic heterocycles. The Bertz CT molecular complexity index is 644. The molecule has 2 rings (SSSR count). The number of halogens is 3. The number of benzene rings is 2. The van der Waals surface area contributed by atoms with Crippen LogP contribution in [0.2, 0.25) is 10.0 Å². The van der Waals surface area contributed by atoms with Gasteiger partial charge in [-0.3, -0.25) is 4.79 Å². The lowest BCUT2D eigenvalue weighted by atomic mass is 10.1. The molecule has 0 atom stereocenters. The van der Waals surface area contributed by atoms with E-state index >= 15 is 0 Å². The number of hydrogen-bond donors (Lipinski definition) is 1. The molecule has 0 aliphatic rings. The van der Waals surface area contributed by atoms with Crippen LogP contribution in [0.3, 0.4) is 0 Å². The first-order chi connectivity index (χ1) is 10.6. The number of amides is 1. The van der Waals surface area contributed by atoms with Gasteiger partial charge in [-0.2, -0.15) is 0 Å². The fourth-order valence-electron chi connectivity index (χ4n) is 2.08. The zero-order valence-electron chi connectivity index (χ0n) is 11.9. The van der Waals surface area contributed by atoms with Crippen molar-refractivity contribution in [1.82, 2.24) is 5.32 Å². The quantitative estimate of drug-likeness (QED) is 0.828. The van der Waals surface area contributed by atoms with E-state index in [1.54, 1.807) is 18.2 Å². The van der Waals surface area contributed by atoms with Crippen LogP contribution in [-0.4, -0.2) is 12.5 Å². The van der Waals surface area contributed by atoms with Crippen molar-refractivity contribution in [2.24, 2.45) is 0 Å². The molecule has 2 aromatic rings. The summed E-state index contributed by atoms with van der Waals surface area (Å²) in [6, 6.07) is 11.7. The zero-order valence-corrected chi connectivity index (χ0v) is 13.4. The molecular formula is C17H16Cl2FNO. The van der Waals surface area contributed by atoms with Crippen LogP contribution in [0, 0.1) is 5.82 Å². The number of hydrogen-bond acceptors (Lipinski definition) is 1. The third kappa shape index (κ3) is 5.00. The molecule has 0 unspecified atom stereocenters. The molecule has 1 N–H and O–H groups in total. The van der Waals surface area contributed by atoms with Gasteiger partial charge in [-0.25, -0.2) is 4.39 Å². The van der Waals surface area contributed by atoms with Gasteiger partial charge in [0, 0.05) is 13.0 Å². The monoisotopic (exact) mass is 339 g/mol. The molecule has 0 heterocycles. The van der Waals surface area contributed by atoms with Gasteiger partial charge in [0.1, 0.15) is 5.82 Å². The molecule has 0 bridgehead atoms. The molecule has 2 nitrogen and oxygen atoms in total. The fourth-order valence-corrected chi connectivity index (χ4v) is 2.49. The van der Waals surface area contributed by atoms with Crippen molar-refractivity contribution in [3.63, 3.8) is 0 Å². The molecule has 2 aromatic carbocycles. The third-order valence-electron chi connectivity index (χ3n) is 3.30. The molecule has 22 heavy (non-hydrogen) atoms. The second kappa shape index (κ2) is 8.16. The molecule has 0 radical (unpaired) electrons. The van der Waals surface area contributed by atoms with E-state index in [4.69, 9.17) is 23.2 Å². The van der Waals surface area contributed by atoms with E-state index in [1.807, 2.05) is 12.1 Å². The van der Waals surface area contributed by atoms with E-state index < -0.39 is 0 Å². The fraction of sp³-hybridized carbons (Fsp3) is 0.235. The summed E-state index contributed by atoms with van der Waals surface area (Å²) in [6.45, 7) is 0.522. The van der Waals surface area contributed by atoms with Gasteiger partial charge in [0.05, 0.1) is 10.0 Å². The highest BCUT2D eigenvalue weighted by Crippen LogP contribution is 2.26. The van der Waals surface area contributed by atoms with Gasteiger partial charge >= 0.3 is 0 Å². The molecule has 1 amide bonds. The van der Waals surface area contributed by atoms with Crippen LogP contribution in [0.5, 0.6) is 0 Å². The SMILES string of the molecule is O=C(CCc1cccc(Cl)c1Cl)NCCc1ccc(F)cc1. The highest BCUT2D eigenvalue weighted by atomic mass is 35.5. The number of nitrogens with one attached hydrogen (secondary N) is 1. The molecule has 0 aliphatic heterocycles. The Labute approximate surface area is 139 Å². The summed E-state index contributed by atoms with van der Waals surface area (Å²) in [5.41, 5.74) is 1.85. The summed E-state index contributed by atoms with van der Waals surface area (Å²) >= 11 is 12.0. The van der Waals surface area contributed by atoms with Crippen LogP contribution in [0.15, 0.2) is 42.5 Å². The summed E-state index contributed by atoms with van der Waals surface area (Å²) in [6.07, 6.45) is 1.56. The van der Waals surface area contributed by atoms with Crippen molar-refractivity contribution in [3.05, 3.63) is 69.5 Å². The summed E-state index contributed by atoms with van der Waals surface area (Å²) in [7, 11) is 0. The topological polar surface area (TPSA) is 29.1 Å². The predicted octanol–water partition coefficient (Wildman–Crippen LogP) is 4.42. The number of carbonyl (C=O) groups excluding carboxylic acids is 1. The molecule has 116 valence electrons. The first-order valence-electron chi connectivity index (χ1n) is 7.00. The van der Waals surface area contributed by atoms with Gasteiger partial charge in [-0.05, 0) is 42.2 Å². The predicted molar refractivity (Wildman–Crippen MR) is 87.9 cm³/mol. The first kappa shape index (κ1) is 16.8. The van der Waals surface area contributed by atoms with Crippen LogP contribution >= 0.6 is 23.2 Å². The molecule has 0 saturated heterocycles. The molecule has 0 spiro atoms. The second-order valence-electron chi connectivity index (χ2n) is 4.94. The molecule has 0 fully saturated rings. The Morgan fingerprint density at radius 3 is 2.50 bits per heavy atom. The minimum absolute atomic E-state index is 0.0434. The average molecular weight is 340 g/mol. The summed E-state index contributed by atoms with van der Waals surface area (Å²) < 4.78 is 12.8. The van der Waals surface area contributed by atoms with Gasteiger partial charge in [0.2, 0.25) is 5.91 Å². The van der Waals surface area contributed by atoms with E-state index in [9.17, 15) is 9.18 Å². The molecular weight excluding hydrogens is 324 g/mol. The Morgan fingerprint density at radius 1 is 1.05 bits per heavy atom.